The van der Waals surface area contributed by atoms with Crippen molar-refractivity contribution in [3.63, 3.8) is 0 Å². The lowest BCUT2D eigenvalue weighted by atomic mass is 9.93. The van der Waals surface area contributed by atoms with Gasteiger partial charge in [-0.1, -0.05) is 66.7 Å². The molecule has 0 aliphatic heterocycles. The van der Waals surface area contributed by atoms with Gasteiger partial charge >= 0.3 is 0 Å². The smallest absolute Gasteiger partial charge is 0.0969 e. The van der Waals surface area contributed by atoms with Crippen LogP contribution in [0.4, 0.5) is 0 Å². The first kappa shape index (κ1) is 13.7. The van der Waals surface area contributed by atoms with Gasteiger partial charge in [-0.05, 0) is 54.4 Å². The van der Waals surface area contributed by atoms with Crippen LogP contribution >= 0.6 is 0 Å². The summed E-state index contributed by atoms with van der Waals surface area (Å²) in [5.74, 6) is 0. The van der Waals surface area contributed by atoms with Crippen molar-refractivity contribution < 1.29 is 0 Å². The van der Waals surface area contributed by atoms with E-state index in [1.807, 2.05) is 6.07 Å². The molecule has 3 heteroatoms. The molecule has 120 valence electrons. The van der Waals surface area contributed by atoms with Crippen LogP contribution in [0, 0.1) is 0 Å². The molecule has 0 N–H and O–H groups in total. The third-order valence-corrected chi connectivity index (χ3v) is 5.33. The minimum Gasteiger partial charge on any atom is -0.138 e. The zero-order valence-electron chi connectivity index (χ0n) is 13.8. The van der Waals surface area contributed by atoms with Crippen molar-refractivity contribution in [2.45, 2.75) is 0 Å². The highest BCUT2D eigenvalue weighted by atomic mass is 15.3. The van der Waals surface area contributed by atoms with Crippen LogP contribution in [0.2, 0.25) is 0 Å². The van der Waals surface area contributed by atoms with Crippen LogP contribution in [0.1, 0.15) is 0 Å². The molecule has 1 aromatic heterocycles. The molecular weight excluding hydrogens is 318 g/mol. The van der Waals surface area contributed by atoms with Crippen molar-refractivity contribution in [1.29, 1.82) is 0 Å². The fourth-order valence-corrected chi connectivity index (χ4v) is 4.11. The van der Waals surface area contributed by atoms with Crippen LogP contribution in [-0.4, -0.2) is 15.4 Å². The summed E-state index contributed by atoms with van der Waals surface area (Å²) in [6.07, 6.45) is 1.80. The molecule has 0 saturated carbocycles. The van der Waals surface area contributed by atoms with E-state index in [2.05, 4.69) is 82.1 Å². The normalized spacial score (nSPS) is 11.8. The van der Waals surface area contributed by atoms with Gasteiger partial charge in [0.15, 0.2) is 0 Å². The van der Waals surface area contributed by atoms with Gasteiger partial charge in [0.25, 0.3) is 0 Å². The monoisotopic (exact) mass is 331 g/mol. The third kappa shape index (κ3) is 1.74. The first-order valence-corrected chi connectivity index (χ1v) is 8.64. The Morgan fingerprint density at radius 1 is 0.462 bits per heavy atom. The molecular formula is C23H13N3. The molecule has 0 aliphatic carbocycles. The minimum absolute atomic E-state index is 0.874. The van der Waals surface area contributed by atoms with Gasteiger partial charge in [-0.2, -0.15) is 0 Å². The van der Waals surface area contributed by atoms with Gasteiger partial charge < -0.3 is 0 Å². The quantitative estimate of drug-likeness (QED) is 0.338. The molecule has 0 atom stereocenters. The topological polar surface area (TPSA) is 38.7 Å². The van der Waals surface area contributed by atoms with E-state index in [0.717, 1.165) is 16.3 Å². The van der Waals surface area contributed by atoms with Crippen LogP contribution in [0.25, 0.3) is 54.0 Å². The molecule has 0 saturated heterocycles. The Morgan fingerprint density at radius 2 is 1.04 bits per heavy atom. The maximum absolute atomic E-state index is 4.13. The predicted octanol–water partition coefficient (Wildman–Crippen LogP) is 5.64. The summed E-state index contributed by atoms with van der Waals surface area (Å²) in [7, 11) is 0. The van der Waals surface area contributed by atoms with Crippen molar-refractivity contribution in [3.05, 3.63) is 79.0 Å². The number of nitrogens with zero attached hydrogens (tertiary/aromatic N) is 3. The number of hydrogen-bond donors (Lipinski definition) is 0. The lowest BCUT2D eigenvalue weighted by Crippen LogP contribution is -1.89. The molecule has 0 bridgehead atoms. The summed E-state index contributed by atoms with van der Waals surface area (Å²) in [6.45, 7) is 0. The molecule has 6 aromatic rings. The number of aromatic nitrogens is 3. The lowest BCUT2D eigenvalue weighted by Gasteiger charge is -2.10. The van der Waals surface area contributed by atoms with Gasteiger partial charge in [0, 0.05) is 5.39 Å². The van der Waals surface area contributed by atoms with Crippen molar-refractivity contribution in [2.24, 2.45) is 0 Å². The van der Waals surface area contributed by atoms with Gasteiger partial charge in [-0.3, -0.25) is 0 Å². The molecule has 3 nitrogen and oxygen atoms in total. The van der Waals surface area contributed by atoms with Crippen LogP contribution in [0.3, 0.4) is 0 Å². The Hall–Kier alpha value is -3.59. The fraction of sp³-hybridized carbons (Fsp3) is 0. The Morgan fingerprint density at radius 3 is 1.81 bits per heavy atom. The molecule has 26 heavy (non-hydrogen) atoms. The van der Waals surface area contributed by atoms with Gasteiger partial charge in [-0.25, -0.2) is 0 Å². The van der Waals surface area contributed by atoms with Crippen LogP contribution in [0.5, 0.6) is 0 Å². The summed E-state index contributed by atoms with van der Waals surface area (Å²) in [5.41, 5.74) is 0.874. The van der Waals surface area contributed by atoms with Crippen molar-refractivity contribution in [3.8, 4) is 0 Å². The van der Waals surface area contributed by atoms with Crippen molar-refractivity contribution in [2.75, 3.05) is 0 Å². The first-order valence-electron chi connectivity index (χ1n) is 8.64. The summed E-state index contributed by atoms with van der Waals surface area (Å²) in [5, 5.41) is 23.0. The van der Waals surface area contributed by atoms with Gasteiger partial charge in [0.05, 0.1) is 11.7 Å². The van der Waals surface area contributed by atoms with Crippen molar-refractivity contribution >= 4 is 54.0 Å². The standard InChI is InChI=1S/C23H13N3/c1-2-4-15-14(3-1)5-6-17-16(15)7-8-19-18(17)9-10-21-20(19)11-12-23-22(21)13-24-26-25-23/h1-13H. The second-order valence-electron chi connectivity index (χ2n) is 6.64. The fourth-order valence-electron chi connectivity index (χ4n) is 4.11. The van der Waals surface area contributed by atoms with E-state index in [-0.39, 0.29) is 0 Å². The highest BCUT2D eigenvalue weighted by molar-refractivity contribution is 6.24. The van der Waals surface area contributed by atoms with Gasteiger partial charge in [-0.15, -0.1) is 10.2 Å². The molecule has 0 fully saturated rings. The second-order valence-corrected chi connectivity index (χ2v) is 6.64. The Kier molecular flexibility index (Phi) is 2.61. The SMILES string of the molecule is c1ccc2c(c1)ccc1c2ccc2c3ccc4nnncc4c3ccc12. The molecule has 5 aromatic carbocycles. The van der Waals surface area contributed by atoms with E-state index in [4.69, 9.17) is 0 Å². The predicted molar refractivity (Wildman–Crippen MR) is 107 cm³/mol. The van der Waals surface area contributed by atoms with Crippen molar-refractivity contribution in [1.82, 2.24) is 15.4 Å². The molecule has 0 radical (unpaired) electrons. The number of rotatable bonds is 0. The zero-order valence-corrected chi connectivity index (χ0v) is 13.8. The average Bonchev–Trinajstić information content (AvgIpc) is 2.72. The van der Waals surface area contributed by atoms with E-state index < -0.39 is 0 Å². The van der Waals surface area contributed by atoms with Crippen LogP contribution in [0.15, 0.2) is 79.0 Å². The van der Waals surface area contributed by atoms with E-state index in [0.29, 0.717) is 0 Å². The van der Waals surface area contributed by atoms with Crippen LogP contribution in [-0.2, 0) is 0 Å². The highest BCUT2D eigenvalue weighted by Gasteiger charge is 2.09. The maximum Gasteiger partial charge on any atom is 0.0969 e. The van der Waals surface area contributed by atoms with E-state index >= 15 is 0 Å². The Labute approximate surface area is 148 Å². The molecule has 1 heterocycles. The summed E-state index contributed by atoms with van der Waals surface area (Å²) in [4.78, 5) is 0. The Balaban J connectivity index is 1.82. The number of hydrogen-bond acceptors (Lipinski definition) is 3. The summed E-state index contributed by atoms with van der Waals surface area (Å²) in [6, 6.07) is 26.0. The number of fused-ring (bicyclic) bond motifs is 9. The van der Waals surface area contributed by atoms with E-state index in [9.17, 15) is 0 Å². The molecule has 0 amide bonds. The number of benzene rings is 5. The second kappa shape index (κ2) is 4.96. The summed E-state index contributed by atoms with van der Waals surface area (Å²) >= 11 is 0. The lowest BCUT2D eigenvalue weighted by molar-refractivity contribution is 0.896. The Bertz CT molecular complexity index is 1370. The molecule has 0 aliphatic rings. The van der Waals surface area contributed by atoms with E-state index in [1.165, 1.54) is 37.7 Å². The largest absolute Gasteiger partial charge is 0.138 e. The van der Waals surface area contributed by atoms with Gasteiger partial charge in [0.1, 0.15) is 0 Å². The molecule has 0 unspecified atom stereocenters. The van der Waals surface area contributed by atoms with Gasteiger partial charge in [0.2, 0.25) is 0 Å². The zero-order chi connectivity index (χ0) is 17.1. The first-order chi connectivity index (χ1) is 12.9. The third-order valence-electron chi connectivity index (χ3n) is 5.33. The average molecular weight is 331 g/mol. The van der Waals surface area contributed by atoms with E-state index in [1.54, 1.807) is 6.20 Å². The summed E-state index contributed by atoms with van der Waals surface area (Å²) < 4.78 is 0. The molecule has 6 rings (SSSR count). The highest BCUT2D eigenvalue weighted by Crippen LogP contribution is 2.36. The van der Waals surface area contributed by atoms with Crippen LogP contribution < -0.4 is 0 Å². The minimum atomic E-state index is 0.874. The maximum atomic E-state index is 4.13. The molecule has 0 spiro atoms.